The summed E-state index contributed by atoms with van der Waals surface area (Å²) in [6, 6.07) is 0. The summed E-state index contributed by atoms with van der Waals surface area (Å²) < 4.78 is 0. The molecule has 0 spiro atoms. The largest absolute Gasteiger partial charge is 0.103 e. The molecule has 0 N–H and O–H groups in total. The van der Waals surface area contributed by atoms with Gasteiger partial charge in [-0.25, -0.2) is 0 Å². The first kappa shape index (κ1) is 12.5. The first-order valence-electron chi connectivity index (χ1n) is 8.31. The average molecular weight is 284 g/mol. The molecule has 1 saturated carbocycles. The van der Waals surface area contributed by atoms with Crippen LogP contribution in [-0.2, 0) is 0 Å². The minimum absolute atomic E-state index is 0.478. The molecule has 108 valence electrons. The van der Waals surface area contributed by atoms with Crippen LogP contribution in [0.15, 0.2) is 95.7 Å². The number of fused-ring (bicyclic) bond motifs is 3. The van der Waals surface area contributed by atoms with Crippen molar-refractivity contribution in [3.63, 3.8) is 0 Å². The highest BCUT2D eigenvalue weighted by atomic mass is 14.6. The molecule has 0 aromatic carbocycles. The zero-order chi connectivity index (χ0) is 14.8. The fraction of sp³-hybridized carbons (Fsp3) is 0.273. The smallest absolute Gasteiger partial charge is 0.0345 e. The summed E-state index contributed by atoms with van der Waals surface area (Å²) >= 11 is 0. The van der Waals surface area contributed by atoms with Gasteiger partial charge in [-0.05, 0) is 58.0 Å². The molecular formula is C22H20. The molecule has 0 aromatic rings. The van der Waals surface area contributed by atoms with Crippen molar-refractivity contribution in [2.24, 2.45) is 29.6 Å². The maximum atomic E-state index is 4.12. The maximum Gasteiger partial charge on any atom is 0.0345 e. The van der Waals surface area contributed by atoms with Crippen LogP contribution in [0.3, 0.4) is 0 Å². The highest BCUT2D eigenvalue weighted by Gasteiger charge is 2.52. The lowest BCUT2D eigenvalue weighted by Crippen LogP contribution is -2.19. The van der Waals surface area contributed by atoms with Crippen LogP contribution in [0, 0.1) is 29.6 Å². The summed E-state index contributed by atoms with van der Waals surface area (Å²) in [5.41, 5.74) is 7.65. The molecule has 0 heteroatoms. The van der Waals surface area contributed by atoms with E-state index in [1.165, 1.54) is 17.6 Å². The predicted molar refractivity (Wildman–Crippen MR) is 92.0 cm³/mol. The standard InChI is InChI=1S/C22H20/c1-3-13-12-14(4-2)21-18-11-9-16-7-5-6-15-8-10-17(20(13)21)22(18)19(15)16/h3-11,13-14,19-21H,1-2,12H2. The molecule has 0 bridgehead atoms. The lowest BCUT2D eigenvalue weighted by molar-refractivity contribution is 0.459. The molecule has 5 unspecified atom stereocenters. The zero-order valence-corrected chi connectivity index (χ0v) is 12.7. The van der Waals surface area contributed by atoms with Crippen molar-refractivity contribution in [3.05, 3.63) is 95.7 Å². The third kappa shape index (κ3) is 1.34. The van der Waals surface area contributed by atoms with Gasteiger partial charge in [-0.2, -0.15) is 0 Å². The maximum absolute atomic E-state index is 4.12. The molecule has 0 radical (unpaired) electrons. The Labute approximate surface area is 132 Å². The highest BCUT2D eigenvalue weighted by molar-refractivity contribution is 5.68. The van der Waals surface area contributed by atoms with Crippen LogP contribution in [0.4, 0.5) is 0 Å². The third-order valence-corrected chi connectivity index (χ3v) is 6.24. The van der Waals surface area contributed by atoms with Crippen molar-refractivity contribution < 1.29 is 0 Å². The Morgan fingerprint density at radius 1 is 0.864 bits per heavy atom. The van der Waals surface area contributed by atoms with Crippen LogP contribution in [0.5, 0.6) is 0 Å². The van der Waals surface area contributed by atoms with Gasteiger partial charge in [-0.15, -0.1) is 13.2 Å². The number of hydrogen-bond donors (Lipinski definition) is 0. The molecule has 0 saturated heterocycles. The van der Waals surface area contributed by atoms with Gasteiger partial charge in [0.05, 0.1) is 0 Å². The Kier molecular flexibility index (Phi) is 2.39. The van der Waals surface area contributed by atoms with Crippen molar-refractivity contribution in [2.45, 2.75) is 6.42 Å². The fourth-order valence-electron chi connectivity index (χ4n) is 5.40. The van der Waals surface area contributed by atoms with Crippen molar-refractivity contribution >= 4 is 0 Å². The summed E-state index contributed by atoms with van der Waals surface area (Å²) in [5, 5.41) is 0. The Morgan fingerprint density at radius 3 is 2.45 bits per heavy atom. The van der Waals surface area contributed by atoms with Gasteiger partial charge < -0.3 is 0 Å². The number of allylic oxidation sites excluding steroid dienone is 14. The third-order valence-electron chi connectivity index (χ3n) is 6.24. The monoisotopic (exact) mass is 284 g/mol. The number of hydrogen-bond acceptors (Lipinski definition) is 0. The summed E-state index contributed by atoms with van der Waals surface area (Å²) in [7, 11) is 0. The van der Waals surface area contributed by atoms with Crippen LogP contribution in [-0.4, -0.2) is 0 Å². The SMILES string of the molecule is C=CC1CC(C=C)C2C3=C4C(=CC=C5C=CC=C(C=C3)C54)C12. The van der Waals surface area contributed by atoms with Crippen LogP contribution in [0.1, 0.15) is 6.42 Å². The lowest BCUT2D eigenvalue weighted by Gasteiger charge is -2.32. The quantitative estimate of drug-likeness (QED) is 0.620. The van der Waals surface area contributed by atoms with Crippen molar-refractivity contribution in [2.75, 3.05) is 0 Å². The topological polar surface area (TPSA) is 0 Å². The first-order chi connectivity index (χ1) is 10.8. The Bertz CT molecular complexity index is 775. The molecule has 5 atom stereocenters. The molecule has 5 rings (SSSR count). The summed E-state index contributed by atoms with van der Waals surface area (Å²) in [6.45, 7) is 8.23. The molecule has 5 aliphatic rings. The van der Waals surface area contributed by atoms with Gasteiger partial charge in [-0.1, -0.05) is 54.7 Å². The summed E-state index contributed by atoms with van der Waals surface area (Å²) in [4.78, 5) is 0. The number of rotatable bonds is 2. The van der Waals surface area contributed by atoms with E-state index in [1.54, 1.807) is 16.7 Å². The van der Waals surface area contributed by atoms with E-state index in [0.29, 0.717) is 29.6 Å². The van der Waals surface area contributed by atoms with Gasteiger partial charge in [0.15, 0.2) is 0 Å². The summed E-state index contributed by atoms with van der Waals surface area (Å²) in [5.74, 6) is 2.86. The zero-order valence-electron chi connectivity index (χ0n) is 12.7. The second-order valence-corrected chi connectivity index (χ2v) is 7.04. The summed E-state index contributed by atoms with van der Waals surface area (Å²) in [6.07, 6.45) is 21.8. The van der Waals surface area contributed by atoms with Gasteiger partial charge in [0.1, 0.15) is 0 Å². The Morgan fingerprint density at radius 2 is 1.64 bits per heavy atom. The molecule has 22 heavy (non-hydrogen) atoms. The normalized spacial score (nSPS) is 39.8. The van der Waals surface area contributed by atoms with Crippen LogP contribution in [0.2, 0.25) is 0 Å². The van der Waals surface area contributed by atoms with Crippen molar-refractivity contribution in [1.82, 2.24) is 0 Å². The Balaban J connectivity index is 1.75. The lowest BCUT2D eigenvalue weighted by atomic mass is 9.71. The van der Waals surface area contributed by atoms with Gasteiger partial charge in [-0.3, -0.25) is 0 Å². The van der Waals surface area contributed by atoms with Gasteiger partial charge >= 0.3 is 0 Å². The molecular weight excluding hydrogens is 264 g/mol. The molecule has 0 aromatic heterocycles. The van der Waals surface area contributed by atoms with E-state index in [2.05, 4.69) is 67.8 Å². The van der Waals surface area contributed by atoms with Gasteiger partial charge in [0.25, 0.3) is 0 Å². The van der Waals surface area contributed by atoms with Gasteiger partial charge in [0.2, 0.25) is 0 Å². The molecule has 0 nitrogen and oxygen atoms in total. The van der Waals surface area contributed by atoms with Crippen molar-refractivity contribution in [1.29, 1.82) is 0 Å². The van der Waals surface area contributed by atoms with Crippen LogP contribution < -0.4 is 0 Å². The van der Waals surface area contributed by atoms with E-state index in [9.17, 15) is 0 Å². The van der Waals surface area contributed by atoms with Crippen LogP contribution in [0.25, 0.3) is 0 Å². The minimum atomic E-state index is 0.478. The Hall–Kier alpha value is -2.08. The van der Waals surface area contributed by atoms with Crippen molar-refractivity contribution in [3.8, 4) is 0 Å². The molecule has 0 heterocycles. The van der Waals surface area contributed by atoms with Gasteiger partial charge in [0, 0.05) is 5.92 Å². The van der Waals surface area contributed by atoms with E-state index >= 15 is 0 Å². The van der Waals surface area contributed by atoms with E-state index in [-0.39, 0.29) is 0 Å². The highest BCUT2D eigenvalue weighted by Crippen LogP contribution is 2.62. The van der Waals surface area contributed by atoms with Crippen LogP contribution >= 0.6 is 0 Å². The fourth-order valence-corrected chi connectivity index (χ4v) is 5.40. The first-order valence-corrected chi connectivity index (χ1v) is 8.31. The van der Waals surface area contributed by atoms with E-state index in [4.69, 9.17) is 0 Å². The van der Waals surface area contributed by atoms with E-state index < -0.39 is 0 Å². The predicted octanol–water partition coefficient (Wildman–Crippen LogP) is 5.09. The average Bonchev–Trinajstić information content (AvgIpc) is 3.09. The van der Waals surface area contributed by atoms with E-state index in [1.807, 2.05) is 0 Å². The molecule has 1 fully saturated rings. The second kappa shape index (κ2) is 4.23. The molecule has 5 aliphatic carbocycles. The minimum Gasteiger partial charge on any atom is -0.103 e. The second-order valence-electron chi connectivity index (χ2n) is 7.04. The van der Waals surface area contributed by atoms with E-state index in [0.717, 1.165) is 0 Å². The molecule has 0 aliphatic heterocycles. The molecule has 0 amide bonds.